The van der Waals surface area contributed by atoms with Gasteiger partial charge in [-0.3, -0.25) is 4.79 Å². The van der Waals surface area contributed by atoms with Gasteiger partial charge in [-0.15, -0.1) is 0 Å². The summed E-state index contributed by atoms with van der Waals surface area (Å²) in [7, 11) is 0. The van der Waals surface area contributed by atoms with Crippen LogP contribution >= 0.6 is 0 Å². The molecule has 0 heterocycles. The van der Waals surface area contributed by atoms with E-state index in [1.165, 1.54) is 0 Å². The van der Waals surface area contributed by atoms with Crippen LogP contribution in [-0.2, 0) is 4.79 Å². The molecule has 0 aromatic rings. The van der Waals surface area contributed by atoms with Crippen molar-refractivity contribution in [2.45, 2.75) is 25.3 Å². The van der Waals surface area contributed by atoms with Crippen LogP contribution in [-0.4, -0.2) is 36.8 Å². The predicted octanol–water partition coefficient (Wildman–Crippen LogP) is -1.45. The predicted molar refractivity (Wildman–Crippen MR) is 51.0 cm³/mol. The van der Waals surface area contributed by atoms with E-state index in [0.29, 0.717) is 25.9 Å². The first-order valence-corrected chi connectivity index (χ1v) is 4.56. The van der Waals surface area contributed by atoms with Crippen LogP contribution in [0.1, 0.15) is 19.3 Å². The highest BCUT2D eigenvalue weighted by molar-refractivity contribution is 5.81. The first kappa shape index (κ1) is 12.3. The van der Waals surface area contributed by atoms with Crippen LogP contribution in [0, 0.1) is 0 Å². The number of rotatable bonds is 7. The molecule has 0 radical (unpaired) electrons. The van der Waals surface area contributed by atoms with Crippen molar-refractivity contribution in [3.8, 4) is 0 Å². The van der Waals surface area contributed by atoms with Gasteiger partial charge in [0, 0.05) is 13.2 Å². The molecule has 0 bridgehead atoms. The normalized spacial score (nSPS) is 12.5. The molecule has 0 aromatic heterocycles. The van der Waals surface area contributed by atoms with Gasteiger partial charge in [0.25, 0.3) is 0 Å². The first-order valence-electron chi connectivity index (χ1n) is 4.56. The van der Waals surface area contributed by atoms with Crippen molar-refractivity contribution in [3.05, 3.63) is 0 Å². The molecular weight excluding hydrogens is 170 g/mol. The molecule has 0 aliphatic heterocycles. The van der Waals surface area contributed by atoms with Crippen molar-refractivity contribution < 1.29 is 9.90 Å². The molecule has 0 aliphatic rings. The largest absolute Gasteiger partial charge is 0.396 e. The number of hydrogen-bond acceptors (Lipinski definition) is 4. The topological polar surface area (TPSA) is 101 Å². The van der Waals surface area contributed by atoms with Gasteiger partial charge in [-0.05, 0) is 25.8 Å². The lowest BCUT2D eigenvalue weighted by Gasteiger charge is -2.10. The molecular formula is C8H19N3O2. The molecule has 1 atom stereocenters. The lowest BCUT2D eigenvalue weighted by atomic mass is 10.2. The molecule has 1 unspecified atom stereocenters. The fourth-order valence-electron chi connectivity index (χ4n) is 0.890. The van der Waals surface area contributed by atoms with Crippen molar-refractivity contribution in [1.29, 1.82) is 0 Å². The molecule has 0 fully saturated rings. The Labute approximate surface area is 78.5 Å². The van der Waals surface area contributed by atoms with E-state index in [9.17, 15) is 4.79 Å². The standard InChI is InChI=1S/C8H19N3O2/c9-4-3-7(10)8(13)11-5-1-2-6-12/h7,12H,1-6,9-10H2,(H,11,13). The number of carbonyl (C=O) groups excluding carboxylic acids is 1. The SMILES string of the molecule is NCCC(N)C(=O)NCCCCO. The van der Waals surface area contributed by atoms with E-state index >= 15 is 0 Å². The number of nitrogens with one attached hydrogen (secondary N) is 1. The number of unbranched alkanes of at least 4 members (excludes halogenated alkanes) is 1. The number of amides is 1. The number of hydrogen-bond donors (Lipinski definition) is 4. The molecule has 0 saturated carbocycles. The third-order valence-corrected chi connectivity index (χ3v) is 1.70. The summed E-state index contributed by atoms with van der Waals surface area (Å²) in [5.74, 6) is -0.164. The zero-order chi connectivity index (χ0) is 10.1. The molecule has 1 amide bonds. The molecule has 0 saturated heterocycles. The van der Waals surface area contributed by atoms with Gasteiger partial charge in [-0.1, -0.05) is 0 Å². The van der Waals surface area contributed by atoms with Crippen LogP contribution in [0.3, 0.4) is 0 Å². The summed E-state index contributed by atoms with van der Waals surface area (Å²) in [5.41, 5.74) is 10.8. The van der Waals surface area contributed by atoms with Gasteiger partial charge >= 0.3 is 0 Å². The smallest absolute Gasteiger partial charge is 0.236 e. The fraction of sp³-hybridized carbons (Fsp3) is 0.875. The molecule has 0 spiro atoms. The number of nitrogens with two attached hydrogens (primary N) is 2. The molecule has 5 nitrogen and oxygen atoms in total. The zero-order valence-corrected chi connectivity index (χ0v) is 7.83. The molecule has 0 aliphatic carbocycles. The van der Waals surface area contributed by atoms with Crippen molar-refractivity contribution in [3.63, 3.8) is 0 Å². The van der Waals surface area contributed by atoms with Crippen LogP contribution in [0.4, 0.5) is 0 Å². The van der Waals surface area contributed by atoms with Crippen molar-refractivity contribution in [2.75, 3.05) is 19.7 Å². The van der Waals surface area contributed by atoms with Crippen LogP contribution in [0.25, 0.3) is 0 Å². The zero-order valence-electron chi connectivity index (χ0n) is 7.83. The van der Waals surface area contributed by atoms with E-state index < -0.39 is 6.04 Å². The van der Waals surface area contributed by atoms with E-state index in [-0.39, 0.29) is 12.5 Å². The van der Waals surface area contributed by atoms with Crippen LogP contribution in [0.2, 0.25) is 0 Å². The molecule has 78 valence electrons. The average Bonchev–Trinajstić information content (AvgIpc) is 2.12. The minimum Gasteiger partial charge on any atom is -0.396 e. The molecule has 13 heavy (non-hydrogen) atoms. The molecule has 6 N–H and O–H groups in total. The Kier molecular flexibility index (Phi) is 7.57. The van der Waals surface area contributed by atoms with E-state index in [4.69, 9.17) is 16.6 Å². The van der Waals surface area contributed by atoms with Crippen molar-refractivity contribution >= 4 is 5.91 Å². The quantitative estimate of drug-likeness (QED) is 0.368. The van der Waals surface area contributed by atoms with Crippen LogP contribution in [0.15, 0.2) is 0 Å². The number of aliphatic hydroxyl groups excluding tert-OH is 1. The van der Waals surface area contributed by atoms with Crippen LogP contribution in [0.5, 0.6) is 0 Å². The third kappa shape index (κ3) is 6.51. The van der Waals surface area contributed by atoms with Gasteiger partial charge in [0.05, 0.1) is 6.04 Å². The van der Waals surface area contributed by atoms with E-state index in [1.807, 2.05) is 0 Å². The van der Waals surface area contributed by atoms with E-state index in [1.54, 1.807) is 0 Å². The van der Waals surface area contributed by atoms with Crippen molar-refractivity contribution in [1.82, 2.24) is 5.32 Å². The summed E-state index contributed by atoms with van der Waals surface area (Å²) in [6.07, 6.45) is 1.98. The van der Waals surface area contributed by atoms with Gasteiger partial charge in [-0.25, -0.2) is 0 Å². The Bertz CT molecular complexity index is 141. The maximum absolute atomic E-state index is 11.1. The second kappa shape index (κ2) is 7.97. The second-order valence-electron chi connectivity index (χ2n) is 2.91. The minimum atomic E-state index is -0.501. The Balaban J connectivity index is 3.38. The highest BCUT2D eigenvalue weighted by Gasteiger charge is 2.10. The maximum Gasteiger partial charge on any atom is 0.236 e. The maximum atomic E-state index is 11.1. The lowest BCUT2D eigenvalue weighted by molar-refractivity contribution is -0.122. The summed E-state index contributed by atoms with van der Waals surface area (Å²) in [6, 6.07) is -0.501. The first-order chi connectivity index (χ1) is 6.22. The average molecular weight is 189 g/mol. The minimum absolute atomic E-state index is 0.157. The molecule has 5 heteroatoms. The Morgan fingerprint density at radius 1 is 1.46 bits per heavy atom. The lowest BCUT2D eigenvalue weighted by Crippen LogP contribution is -2.42. The highest BCUT2D eigenvalue weighted by Crippen LogP contribution is 1.87. The fourth-order valence-corrected chi connectivity index (χ4v) is 0.890. The third-order valence-electron chi connectivity index (χ3n) is 1.70. The van der Waals surface area contributed by atoms with Gasteiger partial charge in [0.2, 0.25) is 5.91 Å². The monoisotopic (exact) mass is 189 g/mol. The summed E-state index contributed by atoms with van der Waals surface area (Å²) in [6.45, 7) is 1.15. The highest BCUT2D eigenvalue weighted by atomic mass is 16.2. The molecule has 0 aromatic carbocycles. The van der Waals surface area contributed by atoms with Gasteiger partial charge in [0.1, 0.15) is 0 Å². The Morgan fingerprint density at radius 2 is 2.15 bits per heavy atom. The molecule has 0 rings (SSSR count). The summed E-state index contributed by atoms with van der Waals surface area (Å²) >= 11 is 0. The summed E-state index contributed by atoms with van der Waals surface area (Å²) < 4.78 is 0. The summed E-state index contributed by atoms with van der Waals surface area (Å²) in [5, 5.41) is 11.1. The van der Waals surface area contributed by atoms with Crippen LogP contribution < -0.4 is 16.8 Å². The number of aliphatic hydroxyl groups is 1. The Hall–Kier alpha value is -0.650. The summed E-state index contributed by atoms with van der Waals surface area (Å²) in [4.78, 5) is 11.1. The van der Waals surface area contributed by atoms with Gasteiger partial charge in [-0.2, -0.15) is 0 Å². The van der Waals surface area contributed by atoms with E-state index in [2.05, 4.69) is 5.32 Å². The van der Waals surface area contributed by atoms with Gasteiger partial charge in [0.15, 0.2) is 0 Å². The van der Waals surface area contributed by atoms with Crippen molar-refractivity contribution in [2.24, 2.45) is 11.5 Å². The Morgan fingerprint density at radius 3 is 2.69 bits per heavy atom. The van der Waals surface area contributed by atoms with Gasteiger partial charge < -0.3 is 21.9 Å². The number of carbonyl (C=O) groups is 1. The van der Waals surface area contributed by atoms with E-state index in [0.717, 1.165) is 6.42 Å². The second-order valence-corrected chi connectivity index (χ2v) is 2.91.